The quantitative estimate of drug-likeness (QED) is 0.532. The minimum Gasteiger partial charge on any atom is -0.298 e. The number of piperidine rings is 1. The minimum absolute atomic E-state index is 0.0511. The number of halogens is 1. The molecule has 2 aromatic carbocycles. The molecular formula is C22H23FN4O3S2. The Balaban J connectivity index is 1.35. The molecule has 1 fully saturated rings. The lowest BCUT2D eigenvalue weighted by atomic mass is 10.1. The van der Waals surface area contributed by atoms with Gasteiger partial charge in [-0.15, -0.1) is 11.3 Å². The van der Waals surface area contributed by atoms with Crippen LogP contribution in [0.25, 0.3) is 0 Å². The maximum absolute atomic E-state index is 13.0. The molecule has 0 spiro atoms. The van der Waals surface area contributed by atoms with Crippen molar-refractivity contribution >= 4 is 38.1 Å². The van der Waals surface area contributed by atoms with Gasteiger partial charge in [-0.25, -0.2) is 17.8 Å². The number of nitrogens with one attached hydrogen (secondary N) is 2. The molecule has 1 aliphatic rings. The van der Waals surface area contributed by atoms with Gasteiger partial charge in [-0.2, -0.15) is 0 Å². The summed E-state index contributed by atoms with van der Waals surface area (Å²) in [4.78, 5) is 19.4. The van der Waals surface area contributed by atoms with Crippen LogP contribution in [0.1, 0.15) is 35.3 Å². The third kappa shape index (κ3) is 5.70. The van der Waals surface area contributed by atoms with Crippen molar-refractivity contribution in [2.24, 2.45) is 0 Å². The molecule has 168 valence electrons. The largest absolute Gasteiger partial charge is 0.298 e. The average Bonchev–Trinajstić information content (AvgIpc) is 3.21. The lowest BCUT2D eigenvalue weighted by Gasteiger charge is -2.25. The second-order valence-electron chi connectivity index (χ2n) is 7.57. The third-order valence-electron chi connectivity index (χ3n) is 5.13. The molecule has 2 heterocycles. The SMILES string of the molecule is O=C(Nc1nc(CN2CCCCC2)cs1)c1ccc(NS(=O)(=O)c2ccc(F)cc2)cc1. The van der Waals surface area contributed by atoms with Crippen molar-refractivity contribution in [3.63, 3.8) is 0 Å². The predicted molar refractivity (Wildman–Crippen MR) is 123 cm³/mol. The fourth-order valence-electron chi connectivity index (χ4n) is 3.47. The zero-order valence-electron chi connectivity index (χ0n) is 17.3. The van der Waals surface area contributed by atoms with E-state index in [0.29, 0.717) is 16.4 Å². The summed E-state index contributed by atoms with van der Waals surface area (Å²) >= 11 is 1.38. The van der Waals surface area contributed by atoms with Gasteiger partial charge in [0, 0.05) is 23.2 Å². The monoisotopic (exact) mass is 474 g/mol. The molecule has 0 saturated carbocycles. The zero-order chi connectivity index (χ0) is 22.6. The van der Waals surface area contributed by atoms with E-state index in [0.717, 1.165) is 37.5 Å². The summed E-state index contributed by atoms with van der Waals surface area (Å²) < 4.78 is 40.2. The van der Waals surface area contributed by atoms with Crippen LogP contribution in [0.5, 0.6) is 0 Å². The first-order valence-corrected chi connectivity index (χ1v) is 12.6. The van der Waals surface area contributed by atoms with Gasteiger partial charge in [-0.3, -0.25) is 19.7 Å². The van der Waals surface area contributed by atoms with Gasteiger partial charge < -0.3 is 0 Å². The average molecular weight is 475 g/mol. The van der Waals surface area contributed by atoms with Crippen LogP contribution in [0.4, 0.5) is 15.2 Å². The summed E-state index contributed by atoms with van der Waals surface area (Å²) in [5.41, 5.74) is 1.61. The van der Waals surface area contributed by atoms with E-state index < -0.39 is 15.8 Å². The van der Waals surface area contributed by atoms with Crippen LogP contribution in [-0.4, -0.2) is 37.3 Å². The summed E-state index contributed by atoms with van der Waals surface area (Å²) in [6, 6.07) is 10.6. The van der Waals surface area contributed by atoms with E-state index in [1.54, 1.807) is 0 Å². The first-order chi connectivity index (χ1) is 15.4. The Morgan fingerprint density at radius 3 is 2.41 bits per heavy atom. The number of amides is 1. The number of nitrogens with zero attached hydrogens (tertiary/aromatic N) is 2. The maximum atomic E-state index is 13.0. The molecule has 3 aromatic rings. The Bertz CT molecular complexity index is 1170. The van der Waals surface area contributed by atoms with Crippen molar-refractivity contribution in [1.29, 1.82) is 0 Å². The molecule has 4 rings (SSSR count). The van der Waals surface area contributed by atoms with Gasteiger partial charge >= 0.3 is 0 Å². The Morgan fingerprint density at radius 2 is 1.72 bits per heavy atom. The van der Waals surface area contributed by atoms with Gasteiger partial charge in [0.1, 0.15) is 5.82 Å². The Hall–Kier alpha value is -2.82. The van der Waals surface area contributed by atoms with E-state index in [-0.39, 0.29) is 10.8 Å². The molecule has 1 aromatic heterocycles. The fourth-order valence-corrected chi connectivity index (χ4v) is 5.23. The van der Waals surface area contributed by atoms with Crippen LogP contribution >= 0.6 is 11.3 Å². The maximum Gasteiger partial charge on any atom is 0.261 e. The zero-order valence-corrected chi connectivity index (χ0v) is 18.9. The standard InChI is InChI=1S/C22H23FN4O3S2/c23-17-6-10-20(11-7-17)32(29,30)26-18-8-4-16(5-9-18)21(28)25-22-24-19(15-31-22)14-27-12-2-1-3-13-27/h4-11,15,26H,1-3,12-14H2,(H,24,25,28). The van der Waals surface area contributed by atoms with Crippen LogP contribution in [0.15, 0.2) is 58.8 Å². The fraction of sp³-hybridized carbons (Fsp3) is 0.273. The molecule has 10 heteroatoms. The van der Waals surface area contributed by atoms with E-state index in [4.69, 9.17) is 0 Å². The van der Waals surface area contributed by atoms with Gasteiger partial charge in [0.2, 0.25) is 0 Å². The Kier molecular flexibility index (Phi) is 6.83. The van der Waals surface area contributed by atoms with Gasteiger partial charge in [-0.05, 0) is 74.5 Å². The van der Waals surface area contributed by atoms with Crippen molar-refractivity contribution < 1.29 is 17.6 Å². The number of sulfonamides is 1. The van der Waals surface area contributed by atoms with Gasteiger partial charge in [0.25, 0.3) is 15.9 Å². The topological polar surface area (TPSA) is 91.4 Å². The highest BCUT2D eigenvalue weighted by atomic mass is 32.2. The number of anilines is 2. The molecule has 1 amide bonds. The number of thiazole rings is 1. The Morgan fingerprint density at radius 1 is 1.03 bits per heavy atom. The molecule has 0 atom stereocenters. The number of carbonyl (C=O) groups is 1. The van der Waals surface area contributed by atoms with Crippen LogP contribution in [0.2, 0.25) is 0 Å². The van der Waals surface area contributed by atoms with Crippen molar-refractivity contribution in [2.45, 2.75) is 30.7 Å². The number of likely N-dealkylation sites (tertiary alicyclic amines) is 1. The van der Waals surface area contributed by atoms with Crippen LogP contribution < -0.4 is 10.0 Å². The summed E-state index contributed by atoms with van der Waals surface area (Å²) in [5, 5.41) is 5.28. The second kappa shape index (κ2) is 9.76. The van der Waals surface area contributed by atoms with Crippen LogP contribution in [0.3, 0.4) is 0 Å². The molecule has 0 radical (unpaired) electrons. The molecule has 0 bridgehead atoms. The molecule has 1 saturated heterocycles. The lowest BCUT2D eigenvalue weighted by Crippen LogP contribution is -2.29. The smallest absolute Gasteiger partial charge is 0.261 e. The first-order valence-electron chi connectivity index (χ1n) is 10.3. The van der Waals surface area contributed by atoms with E-state index in [2.05, 4.69) is 19.9 Å². The lowest BCUT2D eigenvalue weighted by molar-refractivity contribution is 0.102. The molecule has 0 aliphatic carbocycles. The predicted octanol–water partition coefficient (Wildman–Crippen LogP) is 4.32. The van der Waals surface area contributed by atoms with Crippen molar-refractivity contribution in [1.82, 2.24) is 9.88 Å². The summed E-state index contributed by atoms with van der Waals surface area (Å²) in [7, 11) is -3.85. The number of hydrogen-bond donors (Lipinski definition) is 2. The number of aromatic nitrogens is 1. The highest BCUT2D eigenvalue weighted by Gasteiger charge is 2.16. The summed E-state index contributed by atoms with van der Waals surface area (Å²) in [5.74, 6) is -0.838. The second-order valence-corrected chi connectivity index (χ2v) is 10.1. The van der Waals surface area contributed by atoms with E-state index in [1.165, 1.54) is 67.0 Å². The molecule has 1 aliphatic heterocycles. The summed E-state index contributed by atoms with van der Waals surface area (Å²) in [6.45, 7) is 2.95. The van der Waals surface area contributed by atoms with E-state index >= 15 is 0 Å². The van der Waals surface area contributed by atoms with Gasteiger partial charge in [-0.1, -0.05) is 6.42 Å². The highest BCUT2D eigenvalue weighted by Crippen LogP contribution is 2.21. The van der Waals surface area contributed by atoms with Gasteiger partial charge in [0.05, 0.1) is 10.6 Å². The summed E-state index contributed by atoms with van der Waals surface area (Å²) in [6.07, 6.45) is 3.70. The van der Waals surface area contributed by atoms with Crippen LogP contribution in [0, 0.1) is 5.82 Å². The number of hydrogen-bond acceptors (Lipinski definition) is 6. The van der Waals surface area contributed by atoms with Crippen molar-refractivity contribution in [2.75, 3.05) is 23.1 Å². The number of carbonyl (C=O) groups excluding carboxylic acids is 1. The molecular weight excluding hydrogens is 451 g/mol. The minimum atomic E-state index is -3.85. The normalized spacial score (nSPS) is 14.8. The molecule has 32 heavy (non-hydrogen) atoms. The van der Waals surface area contributed by atoms with Crippen LogP contribution in [-0.2, 0) is 16.6 Å². The van der Waals surface area contributed by atoms with Gasteiger partial charge in [0.15, 0.2) is 5.13 Å². The number of benzene rings is 2. The molecule has 7 nitrogen and oxygen atoms in total. The van der Waals surface area contributed by atoms with E-state index in [1.807, 2.05) is 5.38 Å². The van der Waals surface area contributed by atoms with Crippen molar-refractivity contribution in [3.05, 3.63) is 71.0 Å². The van der Waals surface area contributed by atoms with Crippen molar-refractivity contribution in [3.8, 4) is 0 Å². The number of rotatable bonds is 7. The third-order valence-corrected chi connectivity index (χ3v) is 7.33. The molecule has 0 unspecified atom stereocenters. The highest BCUT2D eigenvalue weighted by molar-refractivity contribution is 7.92. The molecule has 2 N–H and O–H groups in total. The van der Waals surface area contributed by atoms with E-state index in [9.17, 15) is 17.6 Å². The first kappa shape index (κ1) is 22.4. The Labute approximate surface area is 190 Å².